The lowest BCUT2D eigenvalue weighted by Crippen LogP contribution is -2.12. The van der Waals surface area contributed by atoms with Gasteiger partial charge in [-0.3, -0.25) is 4.79 Å². The molecule has 0 bridgehead atoms. The number of amides is 1. The molecule has 84 valence electrons. The van der Waals surface area contributed by atoms with E-state index < -0.39 is 11.9 Å². The molecule has 0 aliphatic rings. The third-order valence-corrected chi connectivity index (χ3v) is 1.94. The minimum absolute atomic E-state index is 0.0221. The van der Waals surface area contributed by atoms with Gasteiger partial charge in [-0.1, -0.05) is 6.07 Å². The summed E-state index contributed by atoms with van der Waals surface area (Å²) in [6, 6.07) is 3.56. The molecule has 0 radical (unpaired) electrons. The molecule has 1 rings (SSSR count). The van der Waals surface area contributed by atoms with Crippen molar-refractivity contribution in [3.63, 3.8) is 0 Å². The topological polar surface area (TPSA) is 79.3 Å². The molecule has 0 fully saturated rings. The van der Waals surface area contributed by atoms with E-state index in [-0.39, 0.29) is 5.57 Å². The Morgan fingerprint density at radius 3 is 2.75 bits per heavy atom. The number of aryl methyl sites for hydroxylation is 1. The van der Waals surface area contributed by atoms with Crippen molar-refractivity contribution in [1.82, 2.24) is 4.98 Å². The Labute approximate surface area is 92.8 Å². The number of nitrogens with zero attached hydrogens (tertiary/aromatic N) is 1. The SMILES string of the molecule is C/C(=C\C(=O)Nc1ncccc1C)C(=O)O. The van der Waals surface area contributed by atoms with Crippen LogP contribution in [0.1, 0.15) is 12.5 Å². The average Bonchev–Trinajstić information content (AvgIpc) is 2.21. The molecular formula is C11H12N2O3. The van der Waals surface area contributed by atoms with Crippen LogP contribution in [0.3, 0.4) is 0 Å². The molecule has 0 saturated heterocycles. The molecule has 0 aromatic carbocycles. The number of carbonyl (C=O) groups is 2. The zero-order chi connectivity index (χ0) is 12.1. The van der Waals surface area contributed by atoms with Crippen molar-refractivity contribution < 1.29 is 14.7 Å². The maximum atomic E-state index is 11.4. The highest BCUT2D eigenvalue weighted by molar-refractivity contribution is 6.03. The fourth-order valence-corrected chi connectivity index (χ4v) is 1.03. The van der Waals surface area contributed by atoms with Gasteiger partial charge in [0.15, 0.2) is 0 Å². The van der Waals surface area contributed by atoms with Gasteiger partial charge in [0.2, 0.25) is 5.91 Å². The number of hydrogen-bond acceptors (Lipinski definition) is 3. The predicted octanol–water partition coefficient (Wildman–Crippen LogP) is 1.36. The molecule has 0 saturated carbocycles. The van der Waals surface area contributed by atoms with E-state index in [1.165, 1.54) is 6.92 Å². The maximum absolute atomic E-state index is 11.4. The highest BCUT2D eigenvalue weighted by atomic mass is 16.4. The van der Waals surface area contributed by atoms with Gasteiger partial charge in [0.05, 0.1) is 0 Å². The molecule has 1 amide bonds. The van der Waals surface area contributed by atoms with Crippen molar-refractivity contribution in [2.75, 3.05) is 5.32 Å². The Balaban J connectivity index is 2.77. The Hall–Kier alpha value is -2.17. The molecule has 0 atom stereocenters. The molecule has 0 spiro atoms. The number of carboxylic acids is 1. The number of carboxylic acid groups (broad SMARTS) is 1. The number of aromatic nitrogens is 1. The van der Waals surface area contributed by atoms with Gasteiger partial charge >= 0.3 is 5.97 Å². The smallest absolute Gasteiger partial charge is 0.331 e. The van der Waals surface area contributed by atoms with Gasteiger partial charge in [0, 0.05) is 17.8 Å². The highest BCUT2D eigenvalue weighted by Crippen LogP contribution is 2.09. The molecular weight excluding hydrogens is 208 g/mol. The van der Waals surface area contributed by atoms with Crippen molar-refractivity contribution >= 4 is 17.7 Å². The van der Waals surface area contributed by atoms with Crippen molar-refractivity contribution in [2.45, 2.75) is 13.8 Å². The van der Waals surface area contributed by atoms with Crippen LogP contribution in [0.5, 0.6) is 0 Å². The second-order valence-corrected chi connectivity index (χ2v) is 3.29. The number of rotatable bonds is 3. The summed E-state index contributed by atoms with van der Waals surface area (Å²) in [7, 11) is 0. The Kier molecular flexibility index (Phi) is 3.77. The first-order valence-corrected chi connectivity index (χ1v) is 4.65. The number of hydrogen-bond donors (Lipinski definition) is 2. The lowest BCUT2D eigenvalue weighted by atomic mass is 10.2. The van der Waals surface area contributed by atoms with Crippen molar-refractivity contribution in [1.29, 1.82) is 0 Å². The highest BCUT2D eigenvalue weighted by Gasteiger charge is 2.06. The normalized spacial score (nSPS) is 11.0. The molecule has 16 heavy (non-hydrogen) atoms. The van der Waals surface area contributed by atoms with E-state index in [0.29, 0.717) is 5.82 Å². The van der Waals surface area contributed by atoms with Crippen molar-refractivity contribution in [3.05, 3.63) is 35.5 Å². The van der Waals surface area contributed by atoms with Crippen LogP contribution in [-0.4, -0.2) is 22.0 Å². The van der Waals surface area contributed by atoms with E-state index >= 15 is 0 Å². The van der Waals surface area contributed by atoms with Crippen LogP contribution in [0.4, 0.5) is 5.82 Å². The number of nitrogens with one attached hydrogen (secondary N) is 1. The summed E-state index contributed by atoms with van der Waals surface area (Å²) in [5.74, 6) is -1.18. The fourth-order valence-electron chi connectivity index (χ4n) is 1.03. The van der Waals surface area contributed by atoms with E-state index in [1.54, 1.807) is 25.3 Å². The summed E-state index contributed by atoms with van der Waals surface area (Å²) in [4.78, 5) is 25.8. The van der Waals surface area contributed by atoms with Gasteiger partial charge in [0.25, 0.3) is 0 Å². The number of carbonyl (C=O) groups excluding carboxylic acids is 1. The quantitative estimate of drug-likeness (QED) is 0.754. The lowest BCUT2D eigenvalue weighted by molar-refractivity contribution is -0.132. The first-order valence-electron chi connectivity index (χ1n) is 4.65. The van der Waals surface area contributed by atoms with E-state index in [0.717, 1.165) is 11.6 Å². The van der Waals surface area contributed by atoms with E-state index in [9.17, 15) is 9.59 Å². The molecule has 2 N–H and O–H groups in total. The number of anilines is 1. The molecule has 5 heteroatoms. The second-order valence-electron chi connectivity index (χ2n) is 3.29. The van der Waals surface area contributed by atoms with Crippen LogP contribution < -0.4 is 5.32 Å². The van der Waals surface area contributed by atoms with Gasteiger partial charge in [-0.05, 0) is 25.5 Å². The van der Waals surface area contributed by atoms with Gasteiger partial charge in [0.1, 0.15) is 5.82 Å². The Morgan fingerprint density at radius 2 is 2.19 bits per heavy atom. The minimum Gasteiger partial charge on any atom is -0.478 e. The zero-order valence-electron chi connectivity index (χ0n) is 9.02. The molecule has 1 heterocycles. The monoisotopic (exact) mass is 220 g/mol. The third-order valence-electron chi connectivity index (χ3n) is 1.94. The first-order chi connectivity index (χ1) is 7.50. The minimum atomic E-state index is -1.12. The molecule has 0 unspecified atom stereocenters. The summed E-state index contributed by atoms with van der Waals surface area (Å²) in [5, 5.41) is 11.1. The Morgan fingerprint density at radius 1 is 1.50 bits per heavy atom. The van der Waals surface area contributed by atoms with Gasteiger partial charge < -0.3 is 10.4 Å². The van der Waals surface area contributed by atoms with Crippen molar-refractivity contribution in [3.8, 4) is 0 Å². The third kappa shape index (κ3) is 3.20. The summed E-state index contributed by atoms with van der Waals surface area (Å²) in [6.07, 6.45) is 2.58. The molecule has 0 aliphatic carbocycles. The lowest BCUT2D eigenvalue weighted by Gasteiger charge is -2.04. The maximum Gasteiger partial charge on any atom is 0.331 e. The van der Waals surface area contributed by atoms with Crippen LogP contribution in [0.25, 0.3) is 0 Å². The largest absolute Gasteiger partial charge is 0.478 e. The van der Waals surface area contributed by atoms with E-state index in [2.05, 4.69) is 10.3 Å². The van der Waals surface area contributed by atoms with Gasteiger partial charge in [-0.2, -0.15) is 0 Å². The summed E-state index contributed by atoms with van der Waals surface area (Å²) in [6.45, 7) is 3.16. The Bertz CT molecular complexity index is 452. The van der Waals surface area contributed by atoms with E-state index in [1.807, 2.05) is 0 Å². The molecule has 1 aromatic heterocycles. The average molecular weight is 220 g/mol. The molecule has 1 aromatic rings. The van der Waals surface area contributed by atoms with Crippen LogP contribution in [0.2, 0.25) is 0 Å². The zero-order valence-corrected chi connectivity index (χ0v) is 9.02. The first kappa shape index (κ1) is 11.9. The van der Waals surface area contributed by atoms with Gasteiger partial charge in [-0.15, -0.1) is 0 Å². The van der Waals surface area contributed by atoms with Crippen molar-refractivity contribution in [2.24, 2.45) is 0 Å². The predicted molar refractivity (Wildman–Crippen MR) is 59.0 cm³/mol. The standard InChI is InChI=1S/C11H12N2O3/c1-7-4-3-5-12-10(7)13-9(14)6-8(2)11(15)16/h3-6H,1-2H3,(H,15,16)(H,12,13,14)/b8-6+. The van der Waals surface area contributed by atoms with Crippen LogP contribution in [0, 0.1) is 6.92 Å². The second kappa shape index (κ2) is 5.06. The summed E-state index contributed by atoms with van der Waals surface area (Å²) < 4.78 is 0. The fraction of sp³-hybridized carbons (Fsp3) is 0.182. The van der Waals surface area contributed by atoms with Crippen LogP contribution >= 0.6 is 0 Å². The molecule has 0 aliphatic heterocycles. The number of aliphatic carboxylic acids is 1. The summed E-state index contributed by atoms with van der Waals surface area (Å²) in [5.41, 5.74) is 0.795. The van der Waals surface area contributed by atoms with Crippen LogP contribution in [0.15, 0.2) is 30.0 Å². The molecule has 5 nitrogen and oxygen atoms in total. The van der Waals surface area contributed by atoms with E-state index in [4.69, 9.17) is 5.11 Å². The number of pyridine rings is 1. The van der Waals surface area contributed by atoms with Gasteiger partial charge in [-0.25, -0.2) is 9.78 Å². The van der Waals surface area contributed by atoms with Crippen LogP contribution in [-0.2, 0) is 9.59 Å². The summed E-state index contributed by atoms with van der Waals surface area (Å²) >= 11 is 0.